The minimum Gasteiger partial charge on any atom is -0.330 e. The summed E-state index contributed by atoms with van der Waals surface area (Å²) < 4.78 is 3.12. The molecule has 1 aromatic heterocycles. The largest absolute Gasteiger partial charge is 0.330 e. The first-order valence-electron chi connectivity index (χ1n) is 6.48. The molecule has 1 aromatic carbocycles. The number of halogens is 1. The van der Waals surface area contributed by atoms with Crippen LogP contribution < -0.4 is 5.32 Å². The number of aromatic nitrogens is 2. The van der Waals surface area contributed by atoms with E-state index in [0.29, 0.717) is 0 Å². The van der Waals surface area contributed by atoms with E-state index >= 15 is 0 Å². The Morgan fingerprint density at radius 3 is 2.68 bits per heavy atom. The minimum atomic E-state index is 0.945. The fourth-order valence-electron chi connectivity index (χ4n) is 2.32. The zero-order valence-electron chi connectivity index (χ0n) is 11.9. The Kier molecular flexibility index (Phi) is 4.42. The molecule has 0 spiro atoms. The lowest BCUT2D eigenvalue weighted by Crippen LogP contribution is -2.12. The van der Waals surface area contributed by atoms with E-state index in [4.69, 9.17) is 0 Å². The van der Waals surface area contributed by atoms with Crippen molar-refractivity contribution in [2.24, 2.45) is 7.05 Å². The normalized spacial score (nSPS) is 11.0. The Bertz CT molecular complexity index is 587. The highest BCUT2D eigenvalue weighted by atomic mass is 79.9. The van der Waals surface area contributed by atoms with E-state index in [0.717, 1.165) is 23.4 Å². The lowest BCUT2D eigenvalue weighted by molar-refractivity contribution is 0.737. The molecule has 102 valence electrons. The highest BCUT2D eigenvalue weighted by molar-refractivity contribution is 9.10. The lowest BCUT2D eigenvalue weighted by Gasteiger charge is -2.09. The van der Waals surface area contributed by atoms with Gasteiger partial charge in [-0.15, -0.1) is 0 Å². The molecular weight excluding hydrogens is 302 g/mol. The van der Waals surface area contributed by atoms with E-state index in [1.165, 1.54) is 22.4 Å². The molecule has 0 unspecified atom stereocenters. The molecule has 3 nitrogen and oxygen atoms in total. The summed E-state index contributed by atoms with van der Waals surface area (Å²) in [5, 5.41) is 3.18. The van der Waals surface area contributed by atoms with Gasteiger partial charge in [0.1, 0.15) is 10.4 Å². The number of imidazole rings is 1. The molecule has 0 saturated heterocycles. The van der Waals surface area contributed by atoms with Crippen LogP contribution in [0.3, 0.4) is 0 Å². The molecule has 2 aromatic rings. The van der Waals surface area contributed by atoms with Crippen LogP contribution in [-0.2, 0) is 13.5 Å². The summed E-state index contributed by atoms with van der Waals surface area (Å²) in [6.45, 7) is 5.20. The van der Waals surface area contributed by atoms with Crippen molar-refractivity contribution in [2.75, 3.05) is 13.6 Å². The molecular formula is C15H20BrN3. The van der Waals surface area contributed by atoms with E-state index in [-0.39, 0.29) is 0 Å². The van der Waals surface area contributed by atoms with Crippen LogP contribution in [0.4, 0.5) is 0 Å². The summed E-state index contributed by atoms with van der Waals surface area (Å²) in [6.07, 6.45) is 0.964. The van der Waals surface area contributed by atoms with Gasteiger partial charge in [-0.2, -0.15) is 0 Å². The maximum atomic E-state index is 4.68. The van der Waals surface area contributed by atoms with Gasteiger partial charge in [0.05, 0.1) is 5.69 Å². The van der Waals surface area contributed by atoms with Crippen LogP contribution in [0.2, 0.25) is 0 Å². The number of likely N-dealkylation sites (N-methyl/N-ethyl adjacent to an activating group) is 1. The summed E-state index contributed by atoms with van der Waals surface area (Å²) >= 11 is 3.57. The third kappa shape index (κ3) is 2.90. The first-order valence-corrected chi connectivity index (χ1v) is 7.27. The summed E-state index contributed by atoms with van der Waals surface area (Å²) in [5.41, 5.74) is 4.97. The van der Waals surface area contributed by atoms with Crippen molar-refractivity contribution in [3.05, 3.63) is 39.6 Å². The molecule has 0 bridgehead atoms. The van der Waals surface area contributed by atoms with Crippen LogP contribution in [0.1, 0.15) is 16.8 Å². The second-order valence-corrected chi connectivity index (χ2v) is 5.65. The Hall–Kier alpha value is -1.13. The Balaban J connectivity index is 2.45. The van der Waals surface area contributed by atoms with Crippen molar-refractivity contribution in [1.29, 1.82) is 0 Å². The van der Waals surface area contributed by atoms with Gasteiger partial charge in [-0.1, -0.05) is 23.8 Å². The highest BCUT2D eigenvalue weighted by Gasteiger charge is 2.15. The maximum Gasteiger partial charge on any atom is 0.141 e. The number of hydrogen-bond acceptors (Lipinski definition) is 2. The molecule has 0 saturated carbocycles. The Morgan fingerprint density at radius 1 is 1.32 bits per heavy atom. The van der Waals surface area contributed by atoms with Crippen molar-refractivity contribution in [1.82, 2.24) is 14.9 Å². The van der Waals surface area contributed by atoms with E-state index in [9.17, 15) is 0 Å². The SMILES string of the molecule is CNCCc1c(Br)nc(-c2ccc(C)cc2C)n1C. The minimum absolute atomic E-state index is 0.945. The molecule has 0 aliphatic rings. The second-order valence-electron chi connectivity index (χ2n) is 4.90. The maximum absolute atomic E-state index is 4.68. The van der Waals surface area contributed by atoms with Crippen LogP contribution in [0, 0.1) is 13.8 Å². The van der Waals surface area contributed by atoms with Crippen molar-refractivity contribution < 1.29 is 0 Å². The van der Waals surface area contributed by atoms with Gasteiger partial charge in [0, 0.05) is 25.6 Å². The molecule has 1 N–H and O–H groups in total. The standard InChI is InChI=1S/C15H20BrN3/c1-10-5-6-12(11(2)9-10)15-18-14(16)13(19(15)4)7-8-17-3/h5-6,9,17H,7-8H2,1-4H3. The molecule has 4 heteroatoms. The first-order chi connectivity index (χ1) is 9.04. The predicted molar refractivity (Wildman–Crippen MR) is 83.4 cm³/mol. The molecule has 0 atom stereocenters. The van der Waals surface area contributed by atoms with Crippen molar-refractivity contribution >= 4 is 15.9 Å². The molecule has 0 aliphatic carbocycles. The van der Waals surface area contributed by atoms with E-state index in [1.807, 2.05) is 7.05 Å². The molecule has 19 heavy (non-hydrogen) atoms. The smallest absolute Gasteiger partial charge is 0.141 e. The topological polar surface area (TPSA) is 29.9 Å². The van der Waals surface area contributed by atoms with Crippen molar-refractivity contribution in [3.8, 4) is 11.4 Å². The number of nitrogens with zero attached hydrogens (tertiary/aromatic N) is 2. The van der Waals surface area contributed by atoms with Gasteiger partial charge < -0.3 is 9.88 Å². The summed E-state index contributed by atoms with van der Waals surface area (Å²) in [6, 6.07) is 6.49. The van der Waals surface area contributed by atoms with Gasteiger partial charge in [0.2, 0.25) is 0 Å². The quantitative estimate of drug-likeness (QED) is 0.937. The highest BCUT2D eigenvalue weighted by Crippen LogP contribution is 2.27. The second kappa shape index (κ2) is 5.88. The zero-order chi connectivity index (χ0) is 14.0. The van der Waals surface area contributed by atoms with E-state index < -0.39 is 0 Å². The third-order valence-electron chi connectivity index (χ3n) is 3.40. The van der Waals surface area contributed by atoms with Crippen molar-refractivity contribution in [2.45, 2.75) is 20.3 Å². The zero-order valence-corrected chi connectivity index (χ0v) is 13.5. The van der Waals surface area contributed by atoms with Crippen molar-refractivity contribution in [3.63, 3.8) is 0 Å². The molecule has 1 heterocycles. The molecule has 2 rings (SSSR count). The molecule has 0 radical (unpaired) electrons. The summed E-state index contributed by atoms with van der Waals surface area (Å²) in [7, 11) is 4.05. The monoisotopic (exact) mass is 321 g/mol. The van der Waals surface area contributed by atoms with Gasteiger partial charge in [0.15, 0.2) is 0 Å². The fraction of sp³-hybridized carbons (Fsp3) is 0.400. The van der Waals surface area contributed by atoms with Crippen LogP contribution in [-0.4, -0.2) is 23.1 Å². The number of benzene rings is 1. The van der Waals surface area contributed by atoms with Gasteiger partial charge in [-0.25, -0.2) is 4.98 Å². The molecule has 0 fully saturated rings. The predicted octanol–water partition coefficient (Wildman–Crippen LogP) is 3.23. The lowest BCUT2D eigenvalue weighted by atomic mass is 10.1. The summed E-state index contributed by atoms with van der Waals surface area (Å²) in [4.78, 5) is 4.68. The summed E-state index contributed by atoms with van der Waals surface area (Å²) in [5.74, 6) is 1.02. The number of rotatable bonds is 4. The average Bonchev–Trinajstić information content (AvgIpc) is 2.63. The van der Waals surface area contributed by atoms with Gasteiger partial charge in [-0.3, -0.25) is 0 Å². The van der Waals surface area contributed by atoms with Crippen LogP contribution in [0.25, 0.3) is 11.4 Å². The van der Waals surface area contributed by atoms with Crippen LogP contribution in [0.5, 0.6) is 0 Å². The number of aryl methyl sites for hydroxylation is 2. The Morgan fingerprint density at radius 2 is 2.05 bits per heavy atom. The number of nitrogens with one attached hydrogen (secondary N) is 1. The average molecular weight is 322 g/mol. The number of hydrogen-bond donors (Lipinski definition) is 1. The van der Waals surface area contributed by atoms with E-state index in [1.54, 1.807) is 0 Å². The molecule has 0 aliphatic heterocycles. The Labute approximate surface area is 123 Å². The van der Waals surface area contributed by atoms with Crippen LogP contribution in [0.15, 0.2) is 22.8 Å². The molecule has 0 amide bonds. The van der Waals surface area contributed by atoms with Gasteiger partial charge in [0.25, 0.3) is 0 Å². The third-order valence-corrected chi connectivity index (χ3v) is 4.03. The van der Waals surface area contributed by atoms with Gasteiger partial charge >= 0.3 is 0 Å². The fourth-order valence-corrected chi connectivity index (χ4v) is 2.95. The van der Waals surface area contributed by atoms with Crippen LogP contribution >= 0.6 is 15.9 Å². The van der Waals surface area contributed by atoms with E-state index in [2.05, 4.69) is 69.9 Å². The van der Waals surface area contributed by atoms with Gasteiger partial charge in [-0.05, 0) is 42.4 Å². The first kappa shape index (κ1) is 14.3.